The number of aromatic nitrogens is 2. The minimum Gasteiger partial charge on any atom is -0.496 e. The molecular weight excluding hydrogens is 440 g/mol. The Kier molecular flexibility index (Phi) is 6.99. The van der Waals surface area contributed by atoms with Gasteiger partial charge in [0.05, 0.1) is 13.0 Å². The Morgan fingerprint density at radius 3 is 2.64 bits per heavy atom. The second-order valence-electron chi connectivity index (χ2n) is 8.18. The van der Waals surface area contributed by atoms with Gasteiger partial charge in [-0.2, -0.15) is 0 Å². The van der Waals surface area contributed by atoms with E-state index in [1.54, 1.807) is 42.5 Å². The average Bonchev–Trinajstić information content (AvgIpc) is 3.28. The Labute approximate surface area is 198 Å². The number of halogens is 1. The Morgan fingerprint density at radius 1 is 1.18 bits per heavy atom. The lowest BCUT2D eigenvalue weighted by molar-refractivity contribution is -0.126. The number of methoxy groups -OCH3 is 1. The summed E-state index contributed by atoms with van der Waals surface area (Å²) in [5.41, 5.74) is 1.40. The number of nitrogens with zero attached hydrogens (tertiary/aromatic N) is 3. The summed E-state index contributed by atoms with van der Waals surface area (Å²) in [5.74, 6) is 0.872. The van der Waals surface area contributed by atoms with Crippen molar-refractivity contribution in [1.82, 2.24) is 19.8 Å². The number of aryl methyl sites for hydroxylation is 1. The smallest absolute Gasteiger partial charge is 0.253 e. The number of nitrogens with one attached hydrogen (secondary N) is 1. The monoisotopic (exact) mass is 466 g/mol. The van der Waals surface area contributed by atoms with Crippen LogP contribution in [0.2, 0.25) is 5.02 Å². The molecule has 33 heavy (non-hydrogen) atoms. The van der Waals surface area contributed by atoms with Gasteiger partial charge in [0.25, 0.3) is 5.91 Å². The van der Waals surface area contributed by atoms with E-state index >= 15 is 0 Å². The summed E-state index contributed by atoms with van der Waals surface area (Å²) in [4.78, 5) is 32.6. The maximum Gasteiger partial charge on any atom is 0.253 e. The van der Waals surface area contributed by atoms with Crippen molar-refractivity contribution in [3.63, 3.8) is 0 Å². The topological polar surface area (TPSA) is 76.5 Å². The van der Waals surface area contributed by atoms with Gasteiger partial charge in [0.15, 0.2) is 0 Å². The van der Waals surface area contributed by atoms with E-state index in [4.69, 9.17) is 16.3 Å². The number of carbonyl (C=O) groups is 2. The number of imidazole rings is 1. The van der Waals surface area contributed by atoms with E-state index in [1.165, 1.54) is 0 Å². The molecular formula is C25H27ClN4O3. The van der Waals surface area contributed by atoms with Crippen LogP contribution in [0.3, 0.4) is 0 Å². The van der Waals surface area contributed by atoms with Crippen molar-refractivity contribution in [2.75, 3.05) is 20.2 Å². The number of hydrogen-bond acceptors (Lipinski definition) is 4. The number of ether oxygens (including phenoxy) is 1. The third-order valence-electron chi connectivity index (χ3n) is 6.02. The second kappa shape index (κ2) is 10.1. The lowest BCUT2D eigenvalue weighted by Crippen LogP contribution is -2.46. The molecule has 1 saturated heterocycles. The van der Waals surface area contributed by atoms with Crippen molar-refractivity contribution in [1.29, 1.82) is 0 Å². The number of amides is 2. The van der Waals surface area contributed by atoms with Crippen LogP contribution >= 0.6 is 11.6 Å². The van der Waals surface area contributed by atoms with Crippen molar-refractivity contribution in [2.24, 2.45) is 13.0 Å². The summed E-state index contributed by atoms with van der Waals surface area (Å²) >= 11 is 5.95. The number of para-hydroxylation sites is 1. The van der Waals surface area contributed by atoms with Gasteiger partial charge < -0.3 is 19.5 Å². The van der Waals surface area contributed by atoms with Gasteiger partial charge >= 0.3 is 0 Å². The molecule has 0 spiro atoms. The van der Waals surface area contributed by atoms with Crippen LogP contribution in [0.5, 0.6) is 5.75 Å². The van der Waals surface area contributed by atoms with Crippen LogP contribution in [-0.4, -0.2) is 46.5 Å². The highest BCUT2D eigenvalue weighted by atomic mass is 35.5. The molecule has 0 bridgehead atoms. The Hall–Kier alpha value is -3.32. The Balaban J connectivity index is 1.53. The van der Waals surface area contributed by atoms with Crippen molar-refractivity contribution in [3.05, 3.63) is 82.9 Å². The molecule has 0 radical (unpaired) electrons. The molecule has 7 nitrogen and oxygen atoms in total. The fourth-order valence-electron chi connectivity index (χ4n) is 4.25. The third-order valence-corrected chi connectivity index (χ3v) is 6.28. The van der Waals surface area contributed by atoms with Gasteiger partial charge in [0.1, 0.15) is 17.6 Å². The first-order valence-electron chi connectivity index (χ1n) is 10.9. The van der Waals surface area contributed by atoms with Crippen LogP contribution in [0.25, 0.3) is 0 Å². The molecule has 3 aromatic rings. The van der Waals surface area contributed by atoms with Crippen molar-refractivity contribution in [3.8, 4) is 5.75 Å². The summed E-state index contributed by atoms with van der Waals surface area (Å²) in [5, 5.41) is 3.75. The molecule has 0 aliphatic carbocycles. The van der Waals surface area contributed by atoms with E-state index in [0.717, 1.165) is 18.4 Å². The lowest BCUT2D eigenvalue weighted by atomic mass is 9.95. The van der Waals surface area contributed by atoms with Gasteiger partial charge in [-0.25, -0.2) is 4.98 Å². The molecule has 0 saturated carbocycles. The highest BCUT2D eigenvalue weighted by molar-refractivity contribution is 6.30. The van der Waals surface area contributed by atoms with Crippen LogP contribution in [0.4, 0.5) is 0 Å². The molecule has 1 aliphatic heterocycles. The predicted octanol–water partition coefficient (Wildman–Crippen LogP) is 3.84. The fourth-order valence-corrected chi connectivity index (χ4v) is 4.38. The van der Waals surface area contributed by atoms with E-state index in [2.05, 4.69) is 10.3 Å². The lowest BCUT2D eigenvalue weighted by Gasteiger charge is -2.33. The zero-order chi connectivity index (χ0) is 23.4. The molecule has 172 valence electrons. The number of hydrogen-bond donors (Lipinski definition) is 1. The summed E-state index contributed by atoms with van der Waals surface area (Å²) in [6.07, 6.45) is 5.03. The van der Waals surface area contributed by atoms with E-state index in [-0.39, 0.29) is 17.7 Å². The minimum absolute atomic E-state index is 0.0884. The highest BCUT2D eigenvalue weighted by Crippen LogP contribution is 2.30. The molecule has 8 heteroatoms. The van der Waals surface area contributed by atoms with Gasteiger partial charge in [-0.15, -0.1) is 0 Å². The molecule has 2 heterocycles. The molecule has 1 fully saturated rings. The van der Waals surface area contributed by atoms with Crippen LogP contribution in [0, 0.1) is 5.92 Å². The highest BCUT2D eigenvalue weighted by Gasteiger charge is 2.32. The minimum atomic E-state index is -0.476. The average molecular weight is 467 g/mol. The second-order valence-corrected chi connectivity index (χ2v) is 8.61. The van der Waals surface area contributed by atoms with Gasteiger partial charge in [-0.05, 0) is 43.2 Å². The summed E-state index contributed by atoms with van der Waals surface area (Å²) in [6.45, 7) is 0.993. The van der Waals surface area contributed by atoms with E-state index < -0.39 is 6.04 Å². The molecule has 1 N–H and O–H groups in total. The summed E-state index contributed by atoms with van der Waals surface area (Å²) in [6, 6.07) is 14.0. The standard InChI is InChI=1S/C25H27ClN4O3/c1-29-15-13-27-23(29)22(20-7-3-4-8-21(20)33-2)28-24(31)18-6-5-14-30(16-18)25(32)17-9-11-19(26)12-10-17/h3-4,7-13,15,18,22H,5-6,14,16H2,1-2H3,(H,28,31). The third kappa shape index (κ3) is 5.03. The van der Waals surface area contributed by atoms with Crippen molar-refractivity contribution < 1.29 is 14.3 Å². The van der Waals surface area contributed by atoms with Gasteiger partial charge in [-0.1, -0.05) is 29.8 Å². The first-order chi connectivity index (χ1) is 16.0. The fraction of sp³-hybridized carbons (Fsp3) is 0.320. The molecule has 2 atom stereocenters. The van der Waals surface area contributed by atoms with E-state index in [1.807, 2.05) is 42.1 Å². The largest absolute Gasteiger partial charge is 0.496 e. The maximum absolute atomic E-state index is 13.4. The van der Waals surface area contributed by atoms with Crippen molar-refractivity contribution in [2.45, 2.75) is 18.9 Å². The van der Waals surface area contributed by atoms with Crippen molar-refractivity contribution >= 4 is 23.4 Å². The number of rotatable bonds is 6. The maximum atomic E-state index is 13.4. The van der Waals surface area contributed by atoms with Crippen LogP contribution in [0.1, 0.15) is 40.6 Å². The normalized spacial score (nSPS) is 16.8. The molecule has 2 aromatic carbocycles. The molecule has 2 unspecified atom stereocenters. The predicted molar refractivity (Wildman–Crippen MR) is 126 cm³/mol. The zero-order valence-corrected chi connectivity index (χ0v) is 19.5. The van der Waals surface area contributed by atoms with E-state index in [9.17, 15) is 9.59 Å². The molecule has 1 aliphatic rings. The van der Waals surface area contributed by atoms with Crippen LogP contribution in [-0.2, 0) is 11.8 Å². The van der Waals surface area contributed by atoms with Gasteiger partial charge in [0, 0.05) is 48.7 Å². The van der Waals surface area contributed by atoms with Gasteiger partial charge in [0.2, 0.25) is 5.91 Å². The molecule has 1 aromatic heterocycles. The molecule has 4 rings (SSSR count). The first-order valence-corrected chi connectivity index (χ1v) is 11.3. The Bertz CT molecular complexity index is 1130. The summed E-state index contributed by atoms with van der Waals surface area (Å²) in [7, 11) is 3.50. The SMILES string of the molecule is COc1ccccc1C(NC(=O)C1CCCN(C(=O)c2ccc(Cl)cc2)C1)c1nccn1C. The van der Waals surface area contributed by atoms with E-state index in [0.29, 0.717) is 35.2 Å². The van der Waals surface area contributed by atoms with Gasteiger partial charge in [-0.3, -0.25) is 9.59 Å². The Morgan fingerprint density at radius 2 is 1.94 bits per heavy atom. The number of benzene rings is 2. The molecule has 2 amide bonds. The summed E-state index contributed by atoms with van der Waals surface area (Å²) < 4.78 is 7.43. The zero-order valence-electron chi connectivity index (χ0n) is 18.7. The van der Waals surface area contributed by atoms with Crippen LogP contribution < -0.4 is 10.1 Å². The number of carbonyl (C=O) groups excluding carboxylic acids is 2. The number of likely N-dealkylation sites (tertiary alicyclic amines) is 1. The van der Waals surface area contributed by atoms with Crippen LogP contribution in [0.15, 0.2) is 60.9 Å². The number of piperidine rings is 1. The quantitative estimate of drug-likeness (QED) is 0.598. The first kappa shape index (κ1) is 22.9.